The molecule has 0 spiro atoms. The lowest BCUT2D eigenvalue weighted by atomic mass is 10.1. The summed E-state index contributed by atoms with van der Waals surface area (Å²) in [6.07, 6.45) is -4.47. The van der Waals surface area contributed by atoms with Gasteiger partial charge >= 0.3 is 12.3 Å². The van der Waals surface area contributed by atoms with E-state index in [1.165, 1.54) is 36.7 Å². The van der Waals surface area contributed by atoms with Gasteiger partial charge in [-0.2, -0.15) is 13.2 Å². The maximum absolute atomic E-state index is 12.2. The predicted molar refractivity (Wildman–Crippen MR) is 90.7 cm³/mol. The Morgan fingerprint density at radius 2 is 1.50 bits per heavy atom. The molecule has 7 heteroatoms. The lowest BCUT2D eigenvalue weighted by Gasteiger charge is -2.09. The fraction of sp³-hybridized carbons (Fsp3) is 0.211. The number of carbonyl (C=O) groups excluding carboxylic acids is 1. The van der Waals surface area contributed by atoms with E-state index in [9.17, 15) is 18.0 Å². The second kappa shape index (κ2) is 8.92. The van der Waals surface area contributed by atoms with E-state index >= 15 is 0 Å². The highest BCUT2D eigenvalue weighted by molar-refractivity contribution is 5.89. The summed E-state index contributed by atoms with van der Waals surface area (Å²) in [7, 11) is 1.52. The third-order valence-electron chi connectivity index (χ3n) is 3.16. The van der Waals surface area contributed by atoms with Gasteiger partial charge in [-0.15, -0.1) is 0 Å². The van der Waals surface area contributed by atoms with E-state index in [1.807, 2.05) is 0 Å². The molecule has 0 fully saturated rings. The van der Waals surface area contributed by atoms with Crippen molar-refractivity contribution >= 4 is 11.7 Å². The van der Waals surface area contributed by atoms with Gasteiger partial charge in [-0.3, -0.25) is 5.32 Å². The highest BCUT2D eigenvalue weighted by Crippen LogP contribution is 2.19. The standard InChI is InChI=1S/C19H16F3NO3/c1-25-12-13-26-18(24)16-8-4-14(5-9-16)2-3-15-6-10-17(11-7-15)23-19(20,21)22/h4-11,23H,12-13H2,1H3. The van der Waals surface area contributed by atoms with E-state index in [-0.39, 0.29) is 12.3 Å². The smallest absolute Gasteiger partial charge is 0.460 e. The lowest BCUT2D eigenvalue weighted by Crippen LogP contribution is -2.20. The third kappa shape index (κ3) is 6.49. The molecule has 0 atom stereocenters. The zero-order chi connectivity index (χ0) is 19.0. The molecular weight excluding hydrogens is 347 g/mol. The Labute approximate surface area is 148 Å². The topological polar surface area (TPSA) is 47.6 Å². The van der Waals surface area contributed by atoms with Crippen molar-refractivity contribution in [2.45, 2.75) is 6.30 Å². The van der Waals surface area contributed by atoms with Crippen LogP contribution in [-0.4, -0.2) is 32.6 Å². The first kappa shape index (κ1) is 19.3. The fourth-order valence-electron chi connectivity index (χ4n) is 1.94. The first-order chi connectivity index (χ1) is 12.4. The van der Waals surface area contributed by atoms with Gasteiger partial charge in [0.25, 0.3) is 0 Å². The summed E-state index contributed by atoms with van der Waals surface area (Å²) in [4.78, 5) is 11.7. The van der Waals surface area contributed by atoms with Crippen LogP contribution in [0.1, 0.15) is 21.5 Å². The molecule has 26 heavy (non-hydrogen) atoms. The molecule has 0 saturated heterocycles. The number of alkyl halides is 3. The summed E-state index contributed by atoms with van der Waals surface area (Å²) in [5.41, 5.74) is 1.57. The number of ether oxygens (including phenoxy) is 2. The second-order valence-corrected chi connectivity index (χ2v) is 5.16. The van der Waals surface area contributed by atoms with Crippen LogP contribution in [0.15, 0.2) is 48.5 Å². The zero-order valence-electron chi connectivity index (χ0n) is 13.9. The fourth-order valence-corrected chi connectivity index (χ4v) is 1.94. The molecule has 136 valence electrons. The first-order valence-corrected chi connectivity index (χ1v) is 7.60. The van der Waals surface area contributed by atoms with Gasteiger partial charge in [-0.05, 0) is 48.5 Å². The number of rotatable bonds is 5. The minimum atomic E-state index is -4.47. The van der Waals surface area contributed by atoms with Crippen molar-refractivity contribution in [3.63, 3.8) is 0 Å². The molecule has 2 rings (SSSR count). The Morgan fingerprint density at radius 3 is 2.00 bits per heavy atom. The van der Waals surface area contributed by atoms with Crippen molar-refractivity contribution in [3.05, 3.63) is 65.2 Å². The van der Waals surface area contributed by atoms with Gasteiger partial charge in [0.05, 0.1) is 12.2 Å². The van der Waals surface area contributed by atoms with Crippen LogP contribution in [0.3, 0.4) is 0 Å². The highest BCUT2D eigenvalue weighted by atomic mass is 19.4. The minimum Gasteiger partial charge on any atom is -0.460 e. The Balaban J connectivity index is 1.98. The maximum Gasteiger partial charge on any atom is 0.482 e. The molecule has 2 aromatic carbocycles. The molecule has 0 radical (unpaired) electrons. The molecule has 1 N–H and O–H groups in total. The van der Waals surface area contributed by atoms with Crippen molar-refractivity contribution in [3.8, 4) is 11.8 Å². The molecule has 0 amide bonds. The number of nitrogens with one attached hydrogen (secondary N) is 1. The van der Waals surface area contributed by atoms with E-state index in [0.717, 1.165) is 0 Å². The van der Waals surface area contributed by atoms with Gasteiger partial charge in [0.1, 0.15) is 6.61 Å². The lowest BCUT2D eigenvalue weighted by molar-refractivity contribution is -0.0999. The number of carbonyl (C=O) groups is 1. The molecule has 0 bridgehead atoms. The van der Waals surface area contributed by atoms with Crippen molar-refractivity contribution in [1.82, 2.24) is 0 Å². The van der Waals surface area contributed by atoms with Crippen LogP contribution < -0.4 is 5.32 Å². The van der Waals surface area contributed by atoms with Crippen LogP contribution >= 0.6 is 0 Å². The Bertz CT molecular complexity index is 788. The average molecular weight is 363 g/mol. The Kier molecular flexibility index (Phi) is 6.64. The van der Waals surface area contributed by atoms with Crippen LogP contribution in [-0.2, 0) is 9.47 Å². The third-order valence-corrected chi connectivity index (χ3v) is 3.16. The Hall–Kier alpha value is -2.98. The molecular formula is C19H16F3NO3. The van der Waals surface area contributed by atoms with E-state index in [0.29, 0.717) is 23.3 Å². The predicted octanol–water partition coefficient (Wildman–Crippen LogP) is 3.82. The number of hydrogen-bond donors (Lipinski definition) is 1. The maximum atomic E-state index is 12.2. The summed E-state index contributed by atoms with van der Waals surface area (Å²) in [5, 5.41) is 1.42. The van der Waals surface area contributed by atoms with Crippen LogP contribution in [0.5, 0.6) is 0 Å². The molecule has 2 aromatic rings. The van der Waals surface area contributed by atoms with Crippen LogP contribution in [0.2, 0.25) is 0 Å². The minimum absolute atomic E-state index is 0.0561. The summed E-state index contributed by atoms with van der Waals surface area (Å²) >= 11 is 0. The quantitative estimate of drug-likeness (QED) is 0.380. The first-order valence-electron chi connectivity index (χ1n) is 7.60. The van der Waals surface area contributed by atoms with Crippen molar-refractivity contribution in [2.24, 2.45) is 0 Å². The summed E-state index contributed by atoms with van der Waals surface area (Å²) in [6.45, 7) is 0.503. The molecule has 0 aliphatic rings. The van der Waals surface area contributed by atoms with Gasteiger partial charge in [-0.25, -0.2) is 4.79 Å². The van der Waals surface area contributed by atoms with Gasteiger partial charge in [0.15, 0.2) is 0 Å². The number of benzene rings is 2. The van der Waals surface area contributed by atoms with Gasteiger partial charge in [0, 0.05) is 23.9 Å². The molecule has 4 nitrogen and oxygen atoms in total. The molecule has 0 saturated carbocycles. The molecule has 0 aliphatic carbocycles. The number of halogens is 3. The molecule has 0 unspecified atom stereocenters. The molecule has 0 aliphatic heterocycles. The normalized spacial score (nSPS) is 10.6. The van der Waals surface area contributed by atoms with E-state index < -0.39 is 12.3 Å². The van der Waals surface area contributed by atoms with E-state index in [1.54, 1.807) is 24.3 Å². The van der Waals surface area contributed by atoms with Crippen molar-refractivity contribution < 1.29 is 27.4 Å². The molecule has 0 heterocycles. The second-order valence-electron chi connectivity index (χ2n) is 5.16. The van der Waals surface area contributed by atoms with Crippen molar-refractivity contribution in [1.29, 1.82) is 0 Å². The van der Waals surface area contributed by atoms with E-state index in [4.69, 9.17) is 9.47 Å². The monoisotopic (exact) mass is 363 g/mol. The summed E-state index contributed by atoms with van der Waals surface area (Å²) in [6, 6.07) is 12.1. The Morgan fingerprint density at radius 1 is 0.962 bits per heavy atom. The van der Waals surface area contributed by atoms with Crippen LogP contribution in [0.25, 0.3) is 0 Å². The van der Waals surface area contributed by atoms with Gasteiger partial charge < -0.3 is 9.47 Å². The van der Waals surface area contributed by atoms with Gasteiger partial charge in [0.2, 0.25) is 0 Å². The van der Waals surface area contributed by atoms with Crippen LogP contribution in [0.4, 0.5) is 18.9 Å². The average Bonchev–Trinajstić information content (AvgIpc) is 2.60. The zero-order valence-corrected chi connectivity index (χ0v) is 13.9. The van der Waals surface area contributed by atoms with E-state index in [2.05, 4.69) is 11.8 Å². The summed E-state index contributed by atoms with van der Waals surface area (Å²) in [5.74, 6) is 5.28. The summed E-state index contributed by atoms with van der Waals surface area (Å²) < 4.78 is 46.4. The van der Waals surface area contributed by atoms with Gasteiger partial charge in [-0.1, -0.05) is 11.8 Å². The number of methoxy groups -OCH3 is 1. The van der Waals surface area contributed by atoms with Crippen molar-refractivity contribution in [2.75, 3.05) is 25.6 Å². The largest absolute Gasteiger partial charge is 0.482 e. The number of hydrogen-bond acceptors (Lipinski definition) is 4. The highest BCUT2D eigenvalue weighted by Gasteiger charge is 2.26. The number of anilines is 1. The number of esters is 1. The molecule has 0 aromatic heterocycles. The van der Waals surface area contributed by atoms with Crippen LogP contribution in [0, 0.1) is 11.8 Å². The SMILES string of the molecule is COCCOC(=O)c1ccc(C#Cc2ccc(NC(F)(F)F)cc2)cc1.